The predicted octanol–water partition coefficient (Wildman–Crippen LogP) is 17.7. The molecule has 0 saturated heterocycles. The van der Waals surface area contributed by atoms with Crippen LogP contribution in [0, 0.1) is 0 Å². The molecule has 3 heteroatoms. The van der Waals surface area contributed by atoms with E-state index in [1.807, 2.05) is 0 Å². The van der Waals surface area contributed by atoms with E-state index in [0.29, 0.717) is 0 Å². The first-order valence-electron chi connectivity index (χ1n) is 22.2. The zero-order chi connectivity index (χ0) is 43.4. The van der Waals surface area contributed by atoms with Crippen molar-refractivity contribution in [1.82, 2.24) is 0 Å². The molecule has 11 aromatic rings. The zero-order valence-electron chi connectivity index (χ0n) is 35.8. The van der Waals surface area contributed by atoms with Crippen molar-refractivity contribution in [2.24, 2.45) is 0 Å². The van der Waals surface area contributed by atoms with Crippen LogP contribution in [0.3, 0.4) is 0 Å². The maximum absolute atomic E-state index is 2.36. The van der Waals surface area contributed by atoms with Crippen LogP contribution in [-0.4, -0.2) is 0 Å². The fourth-order valence-electron chi connectivity index (χ4n) is 8.94. The highest BCUT2D eigenvalue weighted by atomic mass is 15.2. The summed E-state index contributed by atoms with van der Waals surface area (Å²) < 4.78 is 0. The summed E-state index contributed by atoms with van der Waals surface area (Å²) in [4.78, 5) is 6.95. The Balaban J connectivity index is 0.871. The lowest BCUT2D eigenvalue weighted by atomic mass is 9.99. The Morgan fingerprint density at radius 1 is 0.154 bits per heavy atom. The molecule has 0 aliphatic carbocycles. The van der Waals surface area contributed by atoms with Gasteiger partial charge < -0.3 is 14.7 Å². The van der Waals surface area contributed by atoms with Gasteiger partial charge in [-0.25, -0.2) is 0 Å². The highest BCUT2D eigenvalue weighted by Gasteiger charge is 2.17. The van der Waals surface area contributed by atoms with E-state index >= 15 is 0 Å². The molecule has 0 heterocycles. The van der Waals surface area contributed by atoms with E-state index in [9.17, 15) is 0 Å². The molecule has 0 atom stereocenters. The molecule has 0 aromatic heterocycles. The average molecular weight is 832 g/mol. The van der Waals surface area contributed by atoms with E-state index < -0.39 is 0 Å². The molecule has 11 rings (SSSR count). The molecule has 0 radical (unpaired) electrons. The molecule has 11 aromatic carbocycles. The highest BCUT2D eigenvalue weighted by molar-refractivity contribution is 5.95. The van der Waals surface area contributed by atoms with E-state index in [0.717, 1.165) is 51.2 Å². The van der Waals surface area contributed by atoms with Crippen LogP contribution in [0.1, 0.15) is 0 Å². The Hall–Kier alpha value is -8.66. The van der Waals surface area contributed by atoms with Crippen molar-refractivity contribution >= 4 is 72.7 Å². The molecule has 0 amide bonds. The molecule has 0 unspecified atom stereocenters. The van der Waals surface area contributed by atoms with Crippen LogP contribution in [-0.2, 0) is 0 Å². The van der Waals surface area contributed by atoms with Gasteiger partial charge in [-0.2, -0.15) is 0 Å². The van der Waals surface area contributed by atoms with Gasteiger partial charge in [0, 0.05) is 51.2 Å². The summed E-state index contributed by atoms with van der Waals surface area (Å²) in [5.74, 6) is 0. The summed E-state index contributed by atoms with van der Waals surface area (Å²) in [6.45, 7) is 0. The summed E-state index contributed by atoms with van der Waals surface area (Å²) in [6.07, 6.45) is 0. The molecule has 3 nitrogen and oxygen atoms in total. The summed E-state index contributed by atoms with van der Waals surface area (Å²) >= 11 is 0. The molecular weight excluding hydrogens is 787 g/mol. The normalized spacial score (nSPS) is 11.1. The van der Waals surface area contributed by atoms with Crippen LogP contribution in [0.25, 0.3) is 43.8 Å². The first-order valence-corrected chi connectivity index (χ1v) is 22.2. The third-order valence-electron chi connectivity index (χ3n) is 12.2. The molecule has 0 fully saturated rings. The number of anilines is 9. The number of fused-ring (bicyclic) bond motifs is 2. The Morgan fingerprint density at radius 3 is 0.677 bits per heavy atom. The number of hydrogen-bond acceptors (Lipinski definition) is 3. The number of benzene rings is 11. The molecule has 308 valence electrons. The summed E-state index contributed by atoms with van der Waals surface area (Å²) in [5, 5.41) is 4.78. The van der Waals surface area contributed by atoms with Gasteiger partial charge in [-0.15, -0.1) is 0 Å². The molecule has 0 aliphatic rings. The molecular formula is C62H45N3. The quantitative estimate of drug-likeness (QED) is 0.129. The van der Waals surface area contributed by atoms with Crippen molar-refractivity contribution < 1.29 is 0 Å². The van der Waals surface area contributed by atoms with Gasteiger partial charge in [0.15, 0.2) is 0 Å². The number of nitrogens with zero attached hydrogens (tertiary/aromatic N) is 3. The Morgan fingerprint density at radius 2 is 0.369 bits per heavy atom. The zero-order valence-corrected chi connectivity index (χ0v) is 35.8. The second kappa shape index (κ2) is 17.6. The maximum Gasteiger partial charge on any atom is 0.0468 e. The smallest absolute Gasteiger partial charge is 0.0468 e. The lowest BCUT2D eigenvalue weighted by molar-refractivity contribution is 1.28. The minimum Gasteiger partial charge on any atom is -0.311 e. The van der Waals surface area contributed by atoms with Crippen LogP contribution in [0.5, 0.6) is 0 Å². The second-order valence-electron chi connectivity index (χ2n) is 16.3. The van der Waals surface area contributed by atoms with Gasteiger partial charge in [-0.1, -0.05) is 152 Å². The van der Waals surface area contributed by atoms with Gasteiger partial charge in [0.2, 0.25) is 0 Å². The van der Waals surface area contributed by atoms with Crippen molar-refractivity contribution in [3.63, 3.8) is 0 Å². The monoisotopic (exact) mass is 831 g/mol. The minimum atomic E-state index is 1.11. The number of rotatable bonds is 11. The number of hydrogen-bond donors (Lipinski definition) is 0. The second-order valence-corrected chi connectivity index (χ2v) is 16.3. The van der Waals surface area contributed by atoms with Crippen molar-refractivity contribution in [1.29, 1.82) is 0 Å². The molecule has 0 bridgehead atoms. The van der Waals surface area contributed by atoms with Gasteiger partial charge in [-0.05, 0) is 165 Å². The topological polar surface area (TPSA) is 9.72 Å². The fourth-order valence-corrected chi connectivity index (χ4v) is 8.94. The summed E-state index contributed by atoms with van der Waals surface area (Å²) in [5.41, 5.74) is 14.8. The van der Waals surface area contributed by atoms with E-state index in [-0.39, 0.29) is 0 Å². The summed E-state index contributed by atoms with van der Waals surface area (Å²) in [7, 11) is 0. The third-order valence-corrected chi connectivity index (χ3v) is 12.2. The van der Waals surface area contributed by atoms with Gasteiger partial charge in [0.25, 0.3) is 0 Å². The largest absolute Gasteiger partial charge is 0.311 e. The molecule has 0 spiro atoms. The maximum atomic E-state index is 2.36. The first kappa shape index (κ1) is 39.2. The van der Waals surface area contributed by atoms with E-state index in [1.54, 1.807) is 0 Å². The van der Waals surface area contributed by atoms with Crippen LogP contribution in [0.2, 0.25) is 0 Å². The van der Waals surface area contributed by atoms with Gasteiger partial charge >= 0.3 is 0 Å². The minimum absolute atomic E-state index is 1.11. The van der Waals surface area contributed by atoms with Crippen LogP contribution in [0.4, 0.5) is 51.2 Å². The fraction of sp³-hybridized carbons (Fsp3) is 0. The molecule has 0 N–H and O–H groups in total. The van der Waals surface area contributed by atoms with E-state index in [4.69, 9.17) is 0 Å². The van der Waals surface area contributed by atoms with Gasteiger partial charge in [0.05, 0.1) is 0 Å². The lowest BCUT2D eigenvalue weighted by Gasteiger charge is -2.26. The highest BCUT2D eigenvalue weighted by Crippen LogP contribution is 2.41. The van der Waals surface area contributed by atoms with Crippen LogP contribution < -0.4 is 14.7 Å². The summed E-state index contributed by atoms with van der Waals surface area (Å²) in [6, 6.07) is 97.8. The average Bonchev–Trinajstić information content (AvgIpc) is 3.38. The lowest BCUT2D eigenvalue weighted by Crippen LogP contribution is -2.09. The van der Waals surface area contributed by atoms with Crippen molar-refractivity contribution in [3.8, 4) is 22.3 Å². The van der Waals surface area contributed by atoms with Crippen molar-refractivity contribution in [2.45, 2.75) is 0 Å². The van der Waals surface area contributed by atoms with E-state index in [1.165, 1.54) is 43.8 Å². The third kappa shape index (κ3) is 8.11. The SMILES string of the molecule is c1ccc(N(c2ccccc2)c2ccc(-c3ccc4cc(N(c5ccccc5)c5ccc6cc(-c7ccc(N(c8ccccc8)c8ccccc8)cc7)ccc6c5)ccc4c3)cc2)cc1. The standard InChI is InChI=1S/C62H45N3/c1-6-16-54(17-7-1)63(55-18-8-2-9-19-55)59-36-30-46(31-37-59)48-26-28-52-44-61(40-34-50(52)42-48)65(58-24-14-5-15-25-58)62-41-35-51-43-49(27-29-53(51)45-62)47-32-38-60(39-33-47)64(56-20-10-3-11-21-56)57-22-12-4-13-23-57/h1-45H. The number of para-hydroxylation sites is 5. The van der Waals surface area contributed by atoms with Gasteiger partial charge in [0.1, 0.15) is 0 Å². The van der Waals surface area contributed by atoms with Gasteiger partial charge in [-0.3, -0.25) is 0 Å². The molecule has 0 aliphatic heterocycles. The predicted molar refractivity (Wildman–Crippen MR) is 276 cm³/mol. The Labute approximate surface area is 381 Å². The molecule has 65 heavy (non-hydrogen) atoms. The first-order chi connectivity index (χ1) is 32.2. The Bertz CT molecular complexity index is 3050. The van der Waals surface area contributed by atoms with Crippen LogP contribution >= 0.6 is 0 Å². The van der Waals surface area contributed by atoms with Crippen molar-refractivity contribution in [2.75, 3.05) is 14.7 Å². The van der Waals surface area contributed by atoms with E-state index in [2.05, 4.69) is 288 Å². The molecule has 0 saturated carbocycles. The Kier molecular flexibility index (Phi) is 10.6. The van der Waals surface area contributed by atoms with Crippen molar-refractivity contribution in [3.05, 3.63) is 273 Å². The van der Waals surface area contributed by atoms with Crippen LogP contribution in [0.15, 0.2) is 273 Å².